The average Bonchev–Trinajstić information content (AvgIpc) is 2.26. The molecular formula is C13H13F3. The third-order valence-electron chi connectivity index (χ3n) is 3.03. The van der Waals surface area contributed by atoms with Crippen LogP contribution in [0.3, 0.4) is 0 Å². The molecular weight excluding hydrogens is 213 g/mol. The minimum atomic E-state index is -0.610. The number of hydrogen-bond acceptors (Lipinski definition) is 0. The molecule has 0 aromatic heterocycles. The average molecular weight is 226 g/mol. The fourth-order valence-electron chi connectivity index (χ4n) is 1.99. The van der Waals surface area contributed by atoms with E-state index in [9.17, 15) is 13.2 Å². The lowest BCUT2D eigenvalue weighted by atomic mass is 9.92. The van der Waals surface area contributed by atoms with Gasteiger partial charge in [0.2, 0.25) is 0 Å². The first-order chi connectivity index (χ1) is 7.59. The van der Waals surface area contributed by atoms with Gasteiger partial charge in [-0.2, -0.15) is 0 Å². The van der Waals surface area contributed by atoms with E-state index in [1.165, 1.54) is 19.1 Å². The van der Waals surface area contributed by atoms with Crippen LogP contribution in [-0.4, -0.2) is 0 Å². The molecule has 0 saturated carbocycles. The molecule has 1 aromatic carbocycles. The molecule has 16 heavy (non-hydrogen) atoms. The predicted octanol–water partition coefficient (Wildman–Crippen LogP) is 4.53. The monoisotopic (exact) mass is 226 g/mol. The Kier molecular flexibility index (Phi) is 3.03. The highest BCUT2D eigenvalue weighted by Crippen LogP contribution is 2.34. The van der Waals surface area contributed by atoms with E-state index in [-0.39, 0.29) is 11.4 Å². The lowest BCUT2D eigenvalue weighted by Gasteiger charge is -2.15. The van der Waals surface area contributed by atoms with Crippen molar-refractivity contribution in [3.63, 3.8) is 0 Å². The topological polar surface area (TPSA) is 0 Å². The molecule has 2 rings (SSSR count). The summed E-state index contributed by atoms with van der Waals surface area (Å²) in [6.45, 7) is 1.38. The Hall–Kier alpha value is -1.25. The lowest BCUT2D eigenvalue weighted by Crippen LogP contribution is -1.99. The minimum Gasteiger partial charge on any atom is -0.212 e. The van der Waals surface area contributed by atoms with Crippen molar-refractivity contribution in [3.8, 4) is 0 Å². The smallest absolute Gasteiger partial charge is 0.129 e. The highest BCUT2D eigenvalue weighted by molar-refractivity contribution is 5.68. The highest BCUT2D eigenvalue weighted by atomic mass is 19.1. The number of allylic oxidation sites excluding steroid dienone is 2. The summed E-state index contributed by atoms with van der Waals surface area (Å²) < 4.78 is 40.2. The van der Waals surface area contributed by atoms with Crippen LogP contribution in [0, 0.1) is 18.6 Å². The molecule has 0 spiro atoms. The van der Waals surface area contributed by atoms with Gasteiger partial charge >= 0.3 is 0 Å². The first-order valence-electron chi connectivity index (χ1n) is 5.43. The van der Waals surface area contributed by atoms with E-state index in [4.69, 9.17) is 0 Å². The van der Waals surface area contributed by atoms with Gasteiger partial charge in [0.25, 0.3) is 0 Å². The van der Waals surface area contributed by atoms with Gasteiger partial charge in [-0.1, -0.05) is 0 Å². The van der Waals surface area contributed by atoms with E-state index in [0.29, 0.717) is 24.0 Å². The van der Waals surface area contributed by atoms with Crippen LogP contribution in [0.25, 0.3) is 5.57 Å². The Balaban J connectivity index is 2.48. The molecule has 1 aliphatic carbocycles. The van der Waals surface area contributed by atoms with Crippen molar-refractivity contribution in [1.82, 2.24) is 0 Å². The van der Waals surface area contributed by atoms with Gasteiger partial charge in [0.1, 0.15) is 17.5 Å². The highest BCUT2D eigenvalue weighted by Gasteiger charge is 2.16. The van der Waals surface area contributed by atoms with Gasteiger partial charge in [-0.05, 0) is 55.9 Å². The Labute approximate surface area is 92.8 Å². The maximum atomic E-state index is 13.5. The summed E-state index contributed by atoms with van der Waals surface area (Å²) in [6, 6.07) is 2.44. The molecule has 0 atom stereocenters. The summed E-state index contributed by atoms with van der Waals surface area (Å²) in [7, 11) is 0. The maximum absolute atomic E-state index is 13.5. The van der Waals surface area contributed by atoms with Crippen LogP contribution >= 0.6 is 0 Å². The van der Waals surface area contributed by atoms with Crippen molar-refractivity contribution in [2.45, 2.75) is 32.6 Å². The first-order valence-corrected chi connectivity index (χ1v) is 5.43. The number of halogens is 3. The predicted molar refractivity (Wildman–Crippen MR) is 57.6 cm³/mol. The molecule has 3 heteroatoms. The second kappa shape index (κ2) is 4.32. The van der Waals surface area contributed by atoms with Crippen molar-refractivity contribution in [3.05, 3.63) is 40.7 Å². The van der Waals surface area contributed by atoms with Gasteiger partial charge in [-0.3, -0.25) is 0 Å². The van der Waals surface area contributed by atoms with Crippen molar-refractivity contribution in [2.24, 2.45) is 0 Å². The zero-order chi connectivity index (χ0) is 11.7. The third kappa shape index (κ3) is 1.99. The summed E-state index contributed by atoms with van der Waals surface area (Å²) in [5.41, 5.74) is 0.794. The van der Waals surface area contributed by atoms with Gasteiger partial charge in [-0.15, -0.1) is 0 Å². The van der Waals surface area contributed by atoms with E-state index in [1.807, 2.05) is 0 Å². The fourth-order valence-corrected chi connectivity index (χ4v) is 1.99. The molecule has 86 valence electrons. The van der Waals surface area contributed by atoms with Gasteiger partial charge in [0, 0.05) is 5.56 Å². The summed E-state index contributed by atoms with van der Waals surface area (Å²) in [6.07, 6.45) is 2.63. The van der Waals surface area contributed by atoms with Crippen LogP contribution in [-0.2, 0) is 0 Å². The Morgan fingerprint density at radius 2 is 1.50 bits per heavy atom. The maximum Gasteiger partial charge on any atom is 0.129 e. The van der Waals surface area contributed by atoms with E-state index in [2.05, 4.69) is 0 Å². The summed E-state index contributed by atoms with van der Waals surface area (Å²) >= 11 is 0. The van der Waals surface area contributed by atoms with Gasteiger partial charge in [0.15, 0.2) is 0 Å². The van der Waals surface area contributed by atoms with Gasteiger partial charge < -0.3 is 0 Å². The molecule has 0 heterocycles. The lowest BCUT2D eigenvalue weighted by molar-refractivity contribution is 0.540. The van der Waals surface area contributed by atoms with E-state index < -0.39 is 11.6 Å². The molecule has 0 nitrogen and oxygen atoms in total. The van der Waals surface area contributed by atoms with Crippen LogP contribution in [0.15, 0.2) is 18.0 Å². The molecule has 0 radical (unpaired) electrons. The molecule has 1 aliphatic rings. The normalized spacial score (nSPS) is 16.8. The first kappa shape index (κ1) is 11.2. The van der Waals surface area contributed by atoms with E-state index in [1.54, 1.807) is 0 Å². The molecule has 0 unspecified atom stereocenters. The molecule has 0 fully saturated rings. The Morgan fingerprint density at radius 3 is 2.06 bits per heavy atom. The quantitative estimate of drug-likeness (QED) is 0.660. The van der Waals surface area contributed by atoms with Crippen molar-refractivity contribution in [1.29, 1.82) is 0 Å². The number of rotatable bonds is 1. The molecule has 0 N–H and O–H groups in total. The second-order valence-corrected chi connectivity index (χ2v) is 4.16. The minimum absolute atomic E-state index is 0.0134. The summed E-state index contributed by atoms with van der Waals surface area (Å²) in [5, 5.41) is 0. The Bertz CT molecular complexity index is 423. The van der Waals surface area contributed by atoms with Crippen molar-refractivity contribution < 1.29 is 13.2 Å². The molecule has 0 bridgehead atoms. The van der Waals surface area contributed by atoms with Crippen LogP contribution in [0.1, 0.15) is 36.8 Å². The molecule has 0 amide bonds. The molecule has 0 aliphatic heterocycles. The third-order valence-corrected chi connectivity index (χ3v) is 3.03. The van der Waals surface area contributed by atoms with Gasteiger partial charge in [-0.25, -0.2) is 13.2 Å². The van der Waals surface area contributed by atoms with E-state index in [0.717, 1.165) is 12.8 Å². The molecule has 1 aromatic rings. The largest absolute Gasteiger partial charge is 0.212 e. The summed E-state index contributed by atoms with van der Waals surface area (Å²) in [4.78, 5) is 0. The SMILES string of the molecule is Cc1c(F)cc(C2=C(F)CCCC2)cc1F. The second-order valence-electron chi connectivity index (χ2n) is 4.16. The Morgan fingerprint density at radius 1 is 0.938 bits per heavy atom. The van der Waals surface area contributed by atoms with Crippen LogP contribution in [0.5, 0.6) is 0 Å². The van der Waals surface area contributed by atoms with Crippen LogP contribution in [0.2, 0.25) is 0 Å². The zero-order valence-corrected chi connectivity index (χ0v) is 9.12. The fraction of sp³-hybridized carbons (Fsp3) is 0.385. The van der Waals surface area contributed by atoms with E-state index >= 15 is 0 Å². The van der Waals surface area contributed by atoms with Crippen molar-refractivity contribution in [2.75, 3.05) is 0 Å². The van der Waals surface area contributed by atoms with Crippen molar-refractivity contribution >= 4 is 5.57 Å². The zero-order valence-electron chi connectivity index (χ0n) is 9.12. The van der Waals surface area contributed by atoms with Crippen LogP contribution in [0.4, 0.5) is 13.2 Å². The van der Waals surface area contributed by atoms with Crippen LogP contribution < -0.4 is 0 Å². The standard InChI is InChI=1S/C13H13F3/c1-8-12(15)6-9(7-13(8)16)10-4-2-3-5-11(10)14/h6-7H,2-5H2,1H3. The molecule has 0 saturated heterocycles. The number of hydrogen-bond donors (Lipinski definition) is 0. The summed E-state index contributed by atoms with van der Waals surface area (Å²) in [5.74, 6) is -1.45. The van der Waals surface area contributed by atoms with Gasteiger partial charge in [0.05, 0.1) is 0 Å². The number of benzene rings is 1.